The Hall–Kier alpha value is -0.870. The first kappa shape index (κ1) is 20.9. The van der Waals surface area contributed by atoms with E-state index >= 15 is 0 Å². The van der Waals surface area contributed by atoms with Crippen molar-refractivity contribution in [2.75, 3.05) is 5.75 Å². The molecule has 148 valence electrons. The zero-order chi connectivity index (χ0) is 18.9. The highest BCUT2D eigenvalue weighted by Crippen LogP contribution is 2.55. The highest BCUT2D eigenvalue weighted by atomic mass is 32.2. The number of carboxylic acid groups (broad SMARTS) is 1. The van der Waals surface area contributed by atoms with E-state index in [0.29, 0.717) is 0 Å². The third-order valence-corrected chi connectivity index (χ3v) is 8.84. The van der Waals surface area contributed by atoms with E-state index < -0.39 is 5.97 Å². The number of hydrogen-bond donors (Lipinski definition) is 1. The number of carbonyl (C=O) groups is 1. The third kappa shape index (κ3) is 6.60. The van der Waals surface area contributed by atoms with Crippen LogP contribution in [0.4, 0.5) is 0 Å². The van der Waals surface area contributed by atoms with Gasteiger partial charge in [-0.25, -0.2) is 0 Å². The molecule has 4 atom stereocenters. The molecule has 2 aliphatic rings. The maximum absolute atomic E-state index is 10.6. The van der Waals surface area contributed by atoms with Crippen LogP contribution in [0.5, 0.6) is 0 Å². The van der Waals surface area contributed by atoms with Crippen LogP contribution in [0, 0.1) is 11.8 Å². The van der Waals surface area contributed by atoms with E-state index in [1.54, 1.807) is 0 Å². The van der Waals surface area contributed by atoms with Crippen LogP contribution in [0.15, 0.2) is 47.4 Å². The van der Waals surface area contributed by atoms with Crippen LogP contribution in [-0.2, 0) is 4.79 Å². The number of benzene rings is 1. The summed E-state index contributed by atoms with van der Waals surface area (Å²) in [6.45, 7) is 0. The highest BCUT2D eigenvalue weighted by Gasteiger charge is 2.46. The average Bonchev–Trinajstić information content (AvgIpc) is 3.27. The van der Waals surface area contributed by atoms with Gasteiger partial charge in [-0.3, -0.25) is 4.79 Å². The summed E-state index contributed by atoms with van der Waals surface area (Å²) in [5.41, 5.74) is 0. The van der Waals surface area contributed by atoms with E-state index in [1.165, 1.54) is 49.2 Å². The lowest BCUT2D eigenvalue weighted by molar-refractivity contribution is -0.137. The van der Waals surface area contributed by atoms with Crippen molar-refractivity contribution < 1.29 is 9.90 Å². The van der Waals surface area contributed by atoms with Crippen molar-refractivity contribution in [1.29, 1.82) is 0 Å². The van der Waals surface area contributed by atoms with Crippen molar-refractivity contribution in [3.8, 4) is 0 Å². The van der Waals surface area contributed by atoms with Crippen molar-refractivity contribution >= 4 is 29.5 Å². The molecule has 0 radical (unpaired) electrons. The van der Waals surface area contributed by atoms with Crippen molar-refractivity contribution in [1.82, 2.24) is 0 Å². The lowest BCUT2D eigenvalue weighted by Gasteiger charge is -2.29. The molecule has 0 unspecified atom stereocenters. The van der Waals surface area contributed by atoms with Gasteiger partial charge >= 0.3 is 5.97 Å². The Bertz CT molecular complexity index is 602. The van der Waals surface area contributed by atoms with E-state index in [-0.39, 0.29) is 6.42 Å². The molecule has 2 nitrogen and oxygen atoms in total. The van der Waals surface area contributed by atoms with E-state index in [0.717, 1.165) is 35.2 Å². The van der Waals surface area contributed by atoms with E-state index in [9.17, 15) is 4.79 Å². The maximum atomic E-state index is 10.6. The molecule has 4 heteroatoms. The Kier molecular flexibility index (Phi) is 8.66. The zero-order valence-corrected chi connectivity index (χ0v) is 17.7. The van der Waals surface area contributed by atoms with Crippen LogP contribution < -0.4 is 0 Å². The number of allylic oxidation sites excluding steroid dienone is 2. The molecule has 0 spiro atoms. The molecule has 1 aromatic carbocycles. The largest absolute Gasteiger partial charge is 0.481 e. The molecule has 0 saturated carbocycles. The SMILES string of the molecule is O=C(O)CCC/C=C\C[C@@H]1[C@H](CCCCSc2ccccc2)[C@@H]2CC[C@H]1S2. The number of rotatable bonds is 12. The van der Waals surface area contributed by atoms with E-state index in [1.807, 2.05) is 11.8 Å². The molecule has 2 bridgehead atoms. The number of aliphatic carboxylic acids is 1. The number of unbranched alkanes of at least 4 members (excludes halogenated alkanes) is 2. The number of thioether (sulfide) groups is 2. The normalized spacial score (nSPS) is 26.8. The van der Waals surface area contributed by atoms with Gasteiger partial charge in [-0.05, 0) is 74.7 Å². The fourth-order valence-corrected chi connectivity index (χ4v) is 7.51. The number of hydrogen-bond acceptors (Lipinski definition) is 3. The van der Waals surface area contributed by atoms with Gasteiger partial charge in [0.2, 0.25) is 0 Å². The Morgan fingerprint density at radius 1 is 1.07 bits per heavy atom. The van der Waals surface area contributed by atoms with Gasteiger partial charge in [0.1, 0.15) is 0 Å². The fraction of sp³-hybridized carbons (Fsp3) is 0.609. The summed E-state index contributed by atoms with van der Waals surface area (Å²) in [5.74, 6) is 2.30. The summed E-state index contributed by atoms with van der Waals surface area (Å²) in [5, 5.41) is 10.5. The quantitative estimate of drug-likeness (QED) is 0.240. The van der Waals surface area contributed by atoms with Crippen molar-refractivity contribution in [2.45, 2.75) is 73.2 Å². The second-order valence-corrected chi connectivity index (χ2v) is 10.4. The molecule has 2 aliphatic heterocycles. The first-order valence-corrected chi connectivity index (χ1v) is 12.4. The smallest absolute Gasteiger partial charge is 0.303 e. The second-order valence-electron chi connectivity index (χ2n) is 7.77. The van der Waals surface area contributed by atoms with Gasteiger partial charge in [-0.15, -0.1) is 11.8 Å². The first-order chi connectivity index (χ1) is 13.2. The molecule has 1 N–H and O–H groups in total. The van der Waals surface area contributed by atoms with E-state index in [4.69, 9.17) is 5.11 Å². The minimum Gasteiger partial charge on any atom is -0.481 e. The molecule has 1 aromatic rings. The summed E-state index contributed by atoms with van der Waals surface area (Å²) >= 11 is 4.25. The molecular weight excluding hydrogens is 372 g/mol. The third-order valence-electron chi connectivity index (χ3n) is 5.87. The van der Waals surface area contributed by atoms with Crippen LogP contribution in [0.1, 0.15) is 57.8 Å². The monoisotopic (exact) mass is 404 g/mol. The molecule has 3 rings (SSSR count). The van der Waals surface area contributed by atoms with Gasteiger partial charge in [0.05, 0.1) is 0 Å². The predicted molar refractivity (Wildman–Crippen MR) is 118 cm³/mol. The van der Waals surface area contributed by atoms with Gasteiger partial charge in [-0.1, -0.05) is 36.8 Å². The van der Waals surface area contributed by atoms with Crippen LogP contribution >= 0.6 is 23.5 Å². The molecule has 2 heterocycles. The van der Waals surface area contributed by atoms with Crippen LogP contribution in [0.25, 0.3) is 0 Å². The first-order valence-electron chi connectivity index (χ1n) is 10.4. The Balaban J connectivity index is 1.35. The molecule has 2 saturated heterocycles. The van der Waals surface area contributed by atoms with Crippen LogP contribution in [-0.4, -0.2) is 27.3 Å². The number of carboxylic acids is 1. The van der Waals surface area contributed by atoms with Crippen molar-refractivity contribution in [3.63, 3.8) is 0 Å². The second kappa shape index (κ2) is 11.2. The van der Waals surface area contributed by atoms with Gasteiger partial charge in [0.25, 0.3) is 0 Å². The van der Waals surface area contributed by atoms with Gasteiger partial charge in [-0.2, -0.15) is 11.8 Å². The van der Waals surface area contributed by atoms with Crippen molar-refractivity contribution in [3.05, 3.63) is 42.5 Å². The summed E-state index contributed by atoms with van der Waals surface area (Å²) in [6.07, 6.45) is 14.6. The molecule has 0 aromatic heterocycles. The fourth-order valence-electron chi connectivity index (χ4n) is 4.53. The van der Waals surface area contributed by atoms with Crippen LogP contribution in [0.2, 0.25) is 0 Å². The standard InChI is InChI=1S/C23H32O2S2/c24-23(25)14-7-2-1-6-12-19-20(22-16-15-21(19)27-22)13-8-9-17-26-18-10-4-3-5-11-18/h1,3-6,10-11,19-22H,2,7-9,12-17H2,(H,24,25)/b6-1-/t19-,20+,21-,22+/m1/s1. The van der Waals surface area contributed by atoms with Gasteiger partial charge < -0.3 is 5.11 Å². The molecule has 0 amide bonds. The summed E-state index contributed by atoms with van der Waals surface area (Å²) in [4.78, 5) is 12.0. The lowest BCUT2D eigenvalue weighted by Crippen LogP contribution is -2.26. The average molecular weight is 405 g/mol. The minimum atomic E-state index is -0.682. The predicted octanol–water partition coefficient (Wildman–Crippen LogP) is 6.66. The van der Waals surface area contributed by atoms with E-state index in [2.05, 4.69) is 54.2 Å². The van der Waals surface area contributed by atoms with Gasteiger partial charge in [0.15, 0.2) is 0 Å². The summed E-state index contributed by atoms with van der Waals surface area (Å²) in [7, 11) is 0. The molecule has 0 aliphatic carbocycles. The highest BCUT2D eigenvalue weighted by molar-refractivity contribution is 8.01. The zero-order valence-electron chi connectivity index (χ0n) is 16.1. The topological polar surface area (TPSA) is 37.3 Å². The van der Waals surface area contributed by atoms with Crippen molar-refractivity contribution in [2.24, 2.45) is 11.8 Å². The molecule has 2 fully saturated rings. The van der Waals surface area contributed by atoms with Gasteiger partial charge in [0, 0.05) is 21.8 Å². The van der Waals surface area contributed by atoms with Crippen LogP contribution in [0.3, 0.4) is 0 Å². The Morgan fingerprint density at radius 2 is 1.85 bits per heavy atom. The molecule has 27 heavy (non-hydrogen) atoms. The lowest BCUT2D eigenvalue weighted by atomic mass is 9.75. The number of fused-ring (bicyclic) bond motifs is 2. The minimum absolute atomic E-state index is 0.290. The molecular formula is C23H32O2S2. The summed E-state index contributed by atoms with van der Waals surface area (Å²) in [6, 6.07) is 10.7. The summed E-state index contributed by atoms with van der Waals surface area (Å²) < 4.78 is 0. The maximum Gasteiger partial charge on any atom is 0.303 e. The Morgan fingerprint density at radius 3 is 2.63 bits per heavy atom. The Labute approximate surface area is 172 Å².